The third kappa shape index (κ3) is 4.24. The van der Waals surface area contributed by atoms with E-state index in [4.69, 9.17) is 0 Å². The molecule has 1 saturated carbocycles. The maximum atomic E-state index is 12.5. The Morgan fingerprint density at radius 1 is 1.07 bits per heavy atom. The average molecular weight is 399 g/mol. The van der Waals surface area contributed by atoms with E-state index in [0.717, 1.165) is 37.3 Å². The molecule has 2 heterocycles. The maximum Gasteiger partial charge on any atom is 0.324 e. The van der Waals surface area contributed by atoms with Crippen molar-refractivity contribution in [3.05, 3.63) is 24.3 Å². The molecule has 0 bridgehead atoms. The van der Waals surface area contributed by atoms with Crippen LogP contribution in [0.3, 0.4) is 0 Å². The van der Waals surface area contributed by atoms with E-state index in [9.17, 15) is 19.2 Å². The molecule has 2 saturated heterocycles. The third-order valence-electron chi connectivity index (χ3n) is 6.04. The van der Waals surface area contributed by atoms with Crippen LogP contribution >= 0.6 is 0 Å². The number of amides is 5. The molecule has 1 aliphatic carbocycles. The molecule has 1 aromatic carbocycles. The van der Waals surface area contributed by atoms with Gasteiger partial charge < -0.3 is 21.3 Å². The number of hydrogen-bond acceptors (Lipinski definition) is 5. The van der Waals surface area contributed by atoms with Crippen molar-refractivity contribution in [2.75, 3.05) is 36.8 Å². The summed E-state index contributed by atoms with van der Waals surface area (Å²) in [6.07, 6.45) is 3.10. The van der Waals surface area contributed by atoms with Crippen molar-refractivity contribution in [2.24, 2.45) is 11.3 Å². The molecule has 3 fully saturated rings. The van der Waals surface area contributed by atoms with Crippen LogP contribution in [0.2, 0.25) is 0 Å². The Bertz CT molecular complexity index is 816. The Hall–Kier alpha value is -2.94. The summed E-state index contributed by atoms with van der Waals surface area (Å²) in [5, 5.41) is 11.4. The molecule has 1 unspecified atom stereocenters. The van der Waals surface area contributed by atoms with Gasteiger partial charge in [-0.15, -0.1) is 0 Å². The van der Waals surface area contributed by atoms with Gasteiger partial charge in [0, 0.05) is 30.3 Å². The second-order valence-corrected chi connectivity index (χ2v) is 7.94. The normalized spacial score (nSPS) is 22.3. The van der Waals surface area contributed by atoms with E-state index in [1.807, 2.05) is 0 Å². The average Bonchev–Trinajstić information content (AvgIpc) is 3.31. The Morgan fingerprint density at radius 2 is 1.72 bits per heavy atom. The quantitative estimate of drug-likeness (QED) is 0.530. The van der Waals surface area contributed by atoms with Crippen molar-refractivity contribution < 1.29 is 19.2 Å². The van der Waals surface area contributed by atoms with Crippen LogP contribution in [0.1, 0.15) is 25.7 Å². The highest BCUT2D eigenvalue weighted by Crippen LogP contribution is 2.58. The minimum Gasteiger partial charge on any atom is -0.329 e. The molecule has 3 aliphatic rings. The van der Waals surface area contributed by atoms with Crippen LogP contribution in [0.4, 0.5) is 16.2 Å². The highest BCUT2D eigenvalue weighted by molar-refractivity contribution is 6.02. The fourth-order valence-electron chi connectivity index (χ4n) is 4.18. The molecule has 29 heavy (non-hydrogen) atoms. The van der Waals surface area contributed by atoms with Crippen molar-refractivity contribution in [1.29, 1.82) is 0 Å². The van der Waals surface area contributed by atoms with Crippen molar-refractivity contribution in [3.63, 3.8) is 0 Å². The van der Waals surface area contributed by atoms with Crippen LogP contribution < -0.4 is 21.3 Å². The summed E-state index contributed by atoms with van der Waals surface area (Å²) in [5.74, 6) is -0.461. The summed E-state index contributed by atoms with van der Waals surface area (Å²) < 4.78 is 0. The number of piperidine rings is 1. The van der Waals surface area contributed by atoms with Gasteiger partial charge in [-0.25, -0.2) is 4.79 Å². The van der Waals surface area contributed by atoms with Gasteiger partial charge in [-0.05, 0) is 62.0 Å². The minimum atomic E-state index is -0.468. The smallest absolute Gasteiger partial charge is 0.324 e. The van der Waals surface area contributed by atoms with Crippen LogP contribution in [-0.4, -0.2) is 54.8 Å². The first-order valence-corrected chi connectivity index (χ1v) is 9.97. The molecule has 0 radical (unpaired) electrons. The van der Waals surface area contributed by atoms with E-state index < -0.39 is 6.03 Å². The summed E-state index contributed by atoms with van der Waals surface area (Å²) in [5.41, 5.74) is 1.48. The van der Waals surface area contributed by atoms with Crippen LogP contribution in [0.15, 0.2) is 24.3 Å². The Morgan fingerprint density at radius 3 is 2.34 bits per heavy atom. The lowest BCUT2D eigenvalue weighted by molar-refractivity contribution is -0.125. The number of nitrogens with zero attached hydrogens (tertiary/aromatic N) is 1. The number of anilines is 2. The maximum absolute atomic E-state index is 12.5. The van der Waals surface area contributed by atoms with Gasteiger partial charge in [-0.3, -0.25) is 19.3 Å². The summed E-state index contributed by atoms with van der Waals surface area (Å²) in [6, 6.07) is 6.47. The Balaban J connectivity index is 1.24. The SMILES string of the molecule is O=C(CCN1C(=O)CNC1=O)Nc1ccc(NC(=O)C2CC23CCNCC3)cc1. The molecule has 9 nitrogen and oxygen atoms in total. The largest absolute Gasteiger partial charge is 0.329 e. The summed E-state index contributed by atoms with van der Waals surface area (Å²) in [4.78, 5) is 48.6. The van der Waals surface area contributed by atoms with Gasteiger partial charge in [0.2, 0.25) is 17.7 Å². The van der Waals surface area contributed by atoms with Crippen LogP contribution in [0.25, 0.3) is 0 Å². The van der Waals surface area contributed by atoms with E-state index in [-0.39, 0.29) is 48.6 Å². The zero-order valence-corrected chi connectivity index (χ0v) is 16.1. The zero-order valence-electron chi connectivity index (χ0n) is 16.1. The predicted molar refractivity (Wildman–Crippen MR) is 106 cm³/mol. The highest BCUT2D eigenvalue weighted by Gasteiger charge is 2.57. The van der Waals surface area contributed by atoms with Crippen molar-refractivity contribution in [1.82, 2.24) is 15.5 Å². The highest BCUT2D eigenvalue weighted by atomic mass is 16.2. The van der Waals surface area contributed by atoms with E-state index in [2.05, 4.69) is 21.3 Å². The Kier molecular flexibility index (Phi) is 5.23. The predicted octanol–water partition coefficient (Wildman–Crippen LogP) is 0.895. The molecule has 4 rings (SSSR count). The molecule has 1 spiro atoms. The number of carbonyl (C=O) groups excluding carboxylic acids is 4. The molecule has 1 aromatic rings. The van der Waals surface area contributed by atoms with Crippen LogP contribution in [0, 0.1) is 11.3 Å². The van der Waals surface area contributed by atoms with E-state index in [1.54, 1.807) is 24.3 Å². The molecule has 0 aromatic heterocycles. The fraction of sp³-hybridized carbons (Fsp3) is 0.500. The first-order chi connectivity index (χ1) is 14.0. The Labute approximate surface area is 168 Å². The number of carbonyl (C=O) groups is 4. The molecule has 1 atom stereocenters. The summed E-state index contributed by atoms with van der Waals surface area (Å²) in [6.45, 7) is 1.99. The second kappa shape index (κ2) is 7.82. The molecular formula is C20H25N5O4. The van der Waals surface area contributed by atoms with Gasteiger partial charge in [-0.2, -0.15) is 0 Å². The van der Waals surface area contributed by atoms with Crippen LogP contribution in [-0.2, 0) is 14.4 Å². The molecular weight excluding hydrogens is 374 g/mol. The van der Waals surface area contributed by atoms with Gasteiger partial charge >= 0.3 is 6.03 Å². The monoisotopic (exact) mass is 399 g/mol. The molecule has 5 amide bonds. The lowest BCUT2D eigenvalue weighted by Crippen LogP contribution is -2.33. The molecule has 154 valence electrons. The van der Waals surface area contributed by atoms with Crippen LogP contribution in [0.5, 0.6) is 0 Å². The molecule has 9 heteroatoms. The number of imide groups is 1. The lowest BCUT2D eigenvalue weighted by Gasteiger charge is -2.23. The fourth-order valence-corrected chi connectivity index (χ4v) is 4.18. The molecule has 4 N–H and O–H groups in total. The van der Waals surface area contributed by atoms with E-state index in [0.29, 0.717) is 11.4 Å². The van der Waals surface area contributed by atoms with Gasteiger partial charge in [0.15, 0.2) is 0 Å². The number of hydrogen-bond donors (Lipinski definition) is 4. The van der Waals surface area contributed by atoms with Gasteiger partial charge in [0.1, 0.15) is 0 Å². The summed E-state index contributed by atoms with van der Waals surface area (Å²) >= 11 is 0. The molecule has 2 aliphatic heterocycles. The van der Waals surface area contributed by atoms with Crippen molar-refractivity contribution in [3.8, 4) is 0 Å². The van der Waals surface area contributed by atoms with E-state index in [1.165, 1.54) is 0 Å². The second-order valence-electron chi connectivity index (χ2n) is 7.94. The zero-order chi connectivity index (χ0) is 20.4. The summed E-state index contributed by atoms with van der Waals surface area (Å²) in [7, 11) is 0. The standard InChI is InChI=1S/C20H25N5O4/c26-16(5-10-25-17(27)12-22-19(25)29)23-13-1-3-14(4-2-13)24-18(28)15-11-20(15)6-8-21-9-7-20/h1-4,15,21H,5-12H2,(H,22,29)(H,23,26)(H,24,28). The topological polar surface area (TPSA) is 120 Å². The number of urea groups is 1. The van der Waals surface area contributed by atoms with Gasteiger partial charge in [0.25, 0.3) is 0 Å². The number of benzene rings is 1. The van der Waals surface area contributed by atoms with E-state index >= 15 is 0 Å². The number of rotatable bonds is 6. The van der Waals surface area contributed by atoms with Crippen molar-refractivity contribution in [2.45, 2.75) is 25.7 Å². The van der Waals surface area contributed by atoms with Gasteiger partial charge in [0.05, 0.1) is 6.54 Å². The number of nitrogens with one attached hydrogen (secondary N) is 4. The third-order valence-corrected chi connectivity index (χ3v) is 6.04. The first-order valence-electron chi connectivity index (χ1n) is 9.97. The first kappa shape index (κ1) is 19.4. The lowest BCUT2D eigenvalue weighted by atomic mass is 9.92. The van der Waals surface area contributed by atoms with Gasteiger partial charge in [-0.1, -0.05) is 0 Å². The minimum absolute atomic E-state index is 0.0213. The van der Waals surface area contributed by atoms with Crippen molar-refractivity contribution >= 4 is 35.1 Å².